The van der Waals surface area contributed by atoms with E-state index in [1.165, 1.54) is 35.6 Å². The largest absolute Gasteiger partial charge is 0.306 e. The molecule has 0 atom stereocenters. The Hall–Kier alpha value is -1.25. The van der Waals surface area contributed by atoms with E-state index in [4.69, 9.17) is 0 Å². The molecule has 0 bridgehead atoms. The molecular formula is C19H25NS. The van der Waals surface area contributed by atoms with Crippen LogP contribution in [0.15, 0.2) is 65.6 Å². The number of hydrogen-bond donors (Lipinski definition) is 0. The van der Waals surface area contributed by atoms with Crippen molar-refractivity contribution < 1.29 is 0 Å². The predicted octanol–water partition coefficient (Wildman–Crippen LogP) is 4.73. The maximum Gasteiger partial charge on any atom is 0.00719 e. The van der Waals surface area contributed by atoms with E-state index < -0.39 is 0 Å². The van der Waals surface area contributed by atoms with Crippen LogP contribution in [-0.2, 0) is 6.42 Å². The minimum Gasteiger partial charge on any atom is -0.306 e. The van der Waals surface area contributed by atoms with Gasteiger partial charge in [0.2, 0.25) is 0 Å². The fourth-order valence-electron chi connectivity index (χ4n) is 2.27. The van der Waals surface area contributed by atoms with Crippen molar-refractivity contribution >= 4 is 11.8 Å². The van der Waals surface area contributed by atoms with Crippen LogP contribution in [0.1, 0.15) is 18.4 Å². The molecule has 0 spiro atoms. The smallest absolute Gasteiger partial charge is 0.00719 e. The summed E-state index contributed by atoms with van der Waals surface area (Å²) in [6.45, 7) is 2.35. The molecule has 0 aromatic heterocycles. The van der Waals surface area contributed by atoms with Gasteiger partial charge in [0, 0.05) is 11.4 Å². The first kappa shape index (κ1) is 16.1. The van der Waals surface area contributed by atoms with Gasteiger partial charge in [0.15, 0.2) is 0 Å². The minimum absolute atomic E-state index is 1.15. The molecule has 2 heteroatoms. The Bertz CT molecular complexity index is 483. The zero-order valence-electron chi connectivity index (χ0n) is 12.9. The average Bonchev–Trinajstić information content (AvgIpc) is 2.54. The van der Waals surface area contributed by atoms with Crippen LogP contribution in [0.5, 0.6) is 0 Å². The first-order valence-corrected chi connectivity index (χ1v) is 8.73. The van der Waals surface area contributed by atoms with Gasteiger partial charge in [0.05, 0.1) is 0 Å². The van der Waals surface area contributed by atoms with Gasteiger partial charge in [0.1, 0.15) is 0 Å². The zero-order chi connectivity index (χ0) is 14.8. The van der Waals surface area contributed by atoms with Crippen LogP contribution in [0, 0.1) is 0 Å². The summed E-state index contributed by atoms with van der Waals surface area (Å²) in [5, 5.41) is 0. The maximum absolute atomic E-state index is 2.44. The number of unbranched alkanes of at least 4 members (excludes halogenated alkanes) is 1. The van der Waals surface area contributed by atoms with E-state index >= 15 is 0 Å². The van der Waals surface area contributed by atoms with Gasteiger partial charge in [-0.25, -0.2) is 0 Å². The second-order valence-corrected chi connectivity index (χ2v) is 6.58. The van der Waals surface area contributed by atoms with E-state index in [2.05, 4.69) is 72.6 Å². The molecule has 0 aliphatic carbocycles. The Balaban J connectivity index is 1.52. The van der Waals surface area contributed by atoms with E-state index in [-0.39, 0.29) is 0 Å². The van der Waals surface area contributed by atoms with Crippen LogP contribution in [0.25, 0.3) is 0 Å². The standard InChI is InChI=1S/C19H25NS/c1-20(16-14-18-10-4-2-5-11-18)15-8-9-17-21-19-12-6-3-7-13-19/h2-7,10-13H,8-9,14-17H2,1H3. The predicted molar refractivity (Wildman–Crippen MR) is 94.0 cm³/mol. The van der Waals surface area contributed by atoms with Crippen LogP contribution in [0.3, 0.4) is 0 Å². The summed E-state index contributed by atoms with van der Waals surface area (Å²) < 4.78 is 0. The molecule has 0 amide bonds. The van der Waals surface area contributed by atoms with Gasteiger partial charge in [-0.2, -0.15) is 0 Å². The van der Waals surface area contributed by atoms with Crippen LogP contribution in [-0.4, -0.2) is 30.8 Å². The van der Waals surface area contributed by atoms with Gasteiger partial charge < -0.3 is 4.90 Å². The molecule has 2 rings (SSSR count). The van der Waals surface area contributed by atoms with E-state index in [0.29, 0.717) is 0 Å². The number of benzene rings is 2. The summed E-state index contributed by atoms with van der Waals surface area (Å²) in [6, 6.07) is 21.4. The van der Waals surface area contributed by atoms with Gasteiger partial charge in [-0.05, 0) is 56.3 Å². The Labute approximate surface area is 133 Å². The summed E-state index contributed by atoms with van der Waals surface area (Å²) in [6.07, 6.45) is 3.72. The Morgan fingerprint density at radius 3 is 2.19 bits per heavy atom. The topological polar surface area (TPSA) is 3.24 Å². The lowest BCUT2D eigenvalue weighted by Crippen LogP contribution is -2.22. The van der Waals surface area contributed by atoms with Gasteiger partial charge >= 0.3 is 0 Å². The average molecular weight is 299 g/mol. The number of thioether (sulfide) groups is 1. The van der Waals surface area contributed by atoms with E-state index in [1.807, 2.05) is 11.8 Å². The molecule has 0 saturated carbocycles. The lowest BCUT2D eigenvalue weighted by Gasteiger charge is -2.16. The second-order valence-electron chi connectivity index (χ2n) is 5.41. The third-order valence-corrected chi connectivity index (χ3v) is 4.67. The molecule has 2 aromatic carbocycles. The zero-order valence-corrected chi connectivity index (χ0v) is 13.7. The molecule has 21 heavy (non-hydrogen) atoms. The number of likely N-dealkylation sites (N-methyl/N-ethyl adjacent to an activating group) is 1. The van der Waals surface area contributed by atoms with Gasteiger partial charge in [-0.1, -0.05) is 48.5 Å². The molecule has 1 nitrogen and oxygen atoms in total. The van der Waals surface area contributed by atoms with E-state index in [1.54, 1.807) is 0 Å². The summed E-state index contributed by atoms with van der Waals surface area (Å²) in [5.41, 5.74) is 1.43. The van der Waals surface area contributed by atoms with Crippen molar-refractivity contribution in [1.82, 2.24) is 4.90 Å². The summed E-state index contributed by atoms with van der Waals surface area (Å²) in [5.74, 6) is 1.22. The highest BCUT2D eigenvalue weighted by Crippen LogP contribution is 2.18. The normalized spacial score (nSPS) is 11.0. The first-order valence-electron chi connectivity index (χ1n) is 7.75. The molecule has 0 saturated heterocycles. The lowest BCUT2D eigenvalue weighted by molar-refractivity contribution is 0.332. The van der Waals surface area contributed by atoms with Gasteiger partial charge in [-0.15, -0.1) is 11.8 Å². The third kappa shape index (κ3) is 6.83. The Morgan fingerprint density at radius 2 is 1.48 bits per heavy atom. The minimum atomic E-state index is 1.15. The van der Waals surface area contributed by atoms with Gasteiger partial charge in [-0.3, -0.25) is 0 Å². The number of hydrogen-bond acceptors (Lipinski definition) is 2. The highest BCUT2D eigenvalue weighted by Gasteiger charge is 2.00. The van der Waals surface area contributed by atoms with Crippen LogP contribution in [0.4, 0.5) is 0 Å². The van der Waals surface area contributed by atoms with Gasteiger partial charge in [0.25, 0.3) is 0 Å². The molecule has 0 radical (unpaired) electrons. The van der Waals surface area contributed by atoms with Crippen molar-refractivity contribution in [3.63, 3.8) is 0 Å². The second kappa shape index (κ2) is 9.64. The lowest BCUT2D eigenvalue weighted by atomic mass is 10.1. The molecule has 0 fully saturated rings. The maximum atomic E-state index is 2.44. The molecule has 112 valence electrons. The molecular weight excluding hydrogens is 274 g/mol. The third-order valence-electron chi connectivity index (χ3n) is 3.57. The monoisotopic (exact) mass is 299 g/mol. The summed E-state index contributed by atoms with van der Waals surface area (Å²) in [4.78, 5) is 3.83. The molecule has 0 heterocycles. The van der Waals surface area contributed by atoms with E-state index in [0.717, 1.165) is 13.0 Å². The summed E-state index contributed by atoms with van der Waals surface area (Å²) >= 11 is 1.96. The fraction of sp³-hybridized carbons (Fsp3) is 0.368. The fourth-order valence-corrected chi connectivity index (χ4v) is 3.20. The molecule has 0 N–H and O–H groups in total. The Morgan fingerprint density at radius 1 is 0.810 bits per heavy atom. The van der Waals surface area contributed by atoms with E-state index in [9.17, 15) is 0 Å². The number of rotatable bonds is 9. The number of nitrogens with zero attached hydrogens (tertiary/aromatic N) is 1. The van der Waals surface area contributed by atoms with Crippen molar-refractivity contribution in [3.8, 4) is 0 Å². The molecule has 0 aliphatic heterocycles. The molecule has 2 aromatic rings. The van der Waals surface area contributed by atoms with Crippen LogP contribution >= 0.6 is 11.8 Å². The van der Waals surface area contributed by atoms with Crippen molar-refractivity contribution in [2.75, 3.05) is 25.9 Å². The van der Waals surface area contributed by atoms with Crippen molar-refractivity contribution in [1.29, 1.82) is 0 Å². The highest BCUT2D eigenvalue weighted by molar-refractivity contribution is 7.99. The SMILES string of the molecule is CN(CCCCSc1ccccc1)CCc1ccccc1. The highest BCUT2D eigenvalue weighted by atomic mass is 32.2. The Kier molecular flexibility index (Phi) is 7.41. The van der Waals surface area contributed by atoms with Crippen LogP contribution in [0.2, 0.25) is 0 Å². The molecule has 0 aliphatic rings. The van der Waals surface area contributed by atoms with Crippen molar-refractivity contribution in [3.05, 3.63) is 66.2 Å². The quantitative estimate of drug-likeness (QED) is 0.486. The van der Waals surface area contributed by atoms with Crippen molar-refractivity contribution in [2.24, 2.45) is 0 Å². The van der Waals surface area contributed by atoms with Crippen molar-refractivity contribution in [2.45, 2.75) is 24.2 Å². The first-order chi connectivity index (χ1) is 10.3. The molecule has 0 unspecified atom stereocenters. The van der Waals surface area contributed by atoms with Crippen LogP contribution < -0.4 is 0 Å². The summed E-state index contributed by atoms with van der Waals surface area (Å²) in [7, 11) is 2.23.